The highest BCUT2D eigenvalue weighted by Crippen LogP contribution is 2.27. The summed E-state index contributed by atoms with van der Waals surface area (Å²) in [5.41, 5.74) is 3.58. The zero-order chi connectivity index (χ0) is 14.4. The first-order valence-electron chi connectivity index (χ1n) is 6.56. The number of hydrogen-bond acceptors (Lipinski definition) is 1. The number of allylic oxidation sites excluding steroid dienone is 6. The first kappa shape index (κ1) is 14.9. The van der Waals surface area contributed by atoms with Crippen LogP contribution in [0, 0.1) is 0 Å². The van der Waals surface area contributed by atoms with E-state index < -0.39 is 18.9 Å². The van der Waals surface area contributed by atoms with Crippen LogP contribution in [0.3, 0.4) is 0 Å². The largest absolute Gasteiger partial charge is 0.314 e. The second kappa shape index (κ2) is 7.29. The average molecular weight is 377 g/mol. The summed E-state index contributed by atoms with van der Waals surface area (Å²) in [4.78, 5) is 2.27. The summed E-state index contributed by atoms with van der Waals surface area (Å²) in [5, 5.41) is 0. The van der Waals surface area contributed by atoms with E-state index in [0.29, 0.717) is 0 Å². The first-order valence-corrected chi connectivity index (χ1v) is 10.6. The molecule has 1 nitrogen and oxygen atoms in total. The summed E-state index contributed by atoms with van der Waals surface area (Å²) in [6.07, 6.45) is 10.7. The number of nitrogens with zero attached hydrogens (tertiary/aromatic N) is 1. The summed E-state index contributed by atoms with van der Waals surface area (Å²) < 4.78 is 8.74. The fraction of sp³-hybridized carbons (Fsp3) is 0.111. The number of para-hydroxylation sites is 1. The first-order chi connectivity index (χ1) is 9.72. The molecule has 0 radical (unpaired) electrons. The third kappa shape index (κ3) is 3.73. The number of benzene rings is 1. The van der Waals surface area contributed by atoms with Crippen LogP contribution < -0.4 is 4.90 Å². The van der Waals surface area contributed by atoms with Gasteiger partial charge in [0.2, 0.25) is 0 Å². The van der Waals surface area contributed by atoms with Gasteiger partial charge in [-0.1, -0.05) is 34.9 Å². The van der Waals surface area contributed by atoms with Crippen molar-refractivity contribution in [2.24, 2.45) is 0 Å². The standard InChI is InChI=1S/C18H20IN/c1-4-5-9-16(2)20(17-10-7-6-8-11-17)18-12-14-19(3)15-13-18/h4-15H,3H2,1-2H3/b5-4-,16-9+. The normalized spacial score (nSPS) is 16.1. The molecule has 0 aliphatic carbocycles. The summed E-state index contributed by atoms with van der Waals surface area (Å²) >= 11 is -1.18. The Kier molecular flexibility index (Phi) is 5.41. The number of rotatable bonds is 4. The number of halogens is 1. The molecule has 1 aromatic rings. The highest BCUT2D eigenvalue weighted by molar-refractivity contribution is 14.2. The van der Waals surface area contributed by atoms with Crippen LogP contribution in [0.1, 0.15) is 13.8 Å². The van der Waals surface area contributed by atoms with Crippen molar-refractivity contribution in [3.8, 4) is 0 Å². The van der Waals surface area contributed by atoms with E-state index in [1.54, 1.807) is 0 Å². The molecule has 0 unspecified atom stereocenters. The fourth-order valence-corrected chi connectivity index (χ4v) is 3.88. The van der Waals surface area contributed by atoms with Gasteiger partial charge in [0.1, 0.15) is 0 Å². The molecule has 20 heavy (non-hydrogen) atoms. The zero-order valence-electron chi connectivity index (χ0n) is 12.0. The van der Waals surface area contributed by atoms with Crippen LogP contribution in [0.25, 0.3) is 0 Å². The SMILES string of the molecule is C=I1=CC=C(N(/C(C)=C/C=C\C)c2ccccc2)C=C1. The maximum Gasteiger partial charge on any atom is 0.0466 e. The van der Waals surface area contributed by atoms with Crippen LogP contribution in [-0.4, -0.2) is 8.53 Å². The number of anilines is 1. The summed E-state index contributed by atoms with van der Waals surface area (Å²) in [6.45, 7) is 4.17. The van der Waals surface area contributed by atoms with Gasteiger partial charge in [-0.2, -0.15) is 0 Å². The Morgan fingerprint density at radius 2 is 2.00 bits per heavy atom. The van der Waals surface area contributed by atoms with Crippen molar-refractivity contribution < 1.29 is 0 Å². The van der Waals surface area contributed by atoms with Gasteiger partial charge in [0.25, 0.3) is 0 Å². The maximum absolute atomic E-state index is 4.18. The van der Waals surface area contributed by atoms with E-state index in [-0.39, 0.29) is 0 Å². The monoisotopic (exact) mass is 377 g/mol. The van der Waals surface area contributed by atoms with Crippen molar-refractivity contribution in [3.05, 3.63) is 76.2 Å². The van der Waals surface area contributed by atoms with Gasteiger partial charge in [0.05, 0.1) is 0 Å². The van der Waals surface area contributed by atoms with Gasteiger partial charge in [0, 0.05) is 17.1 Å². The predicted molar refractivity (Wildman–Crippen MR) is 102 cm³/mol. The smallest absolute Gasteiger partial charge is 0.0466 e. The molecule has 2 heteroatoms. The summed E-state index contributed by atoms with van der Waals surface area (Å²) in [7, 11) is 0. The average Bonchev–Trinajstić information content (AvgIpc) is 2.48. The van der Waals surface area contributed by atoms with Gasteiger partial charge in [-0.25, -0.2) is 0 Å². The molecule has 1 aromatic carbocycles. The Hall–Kier alpha value is -1.55. The van der Waals surface area contributed by atoms with Crippen molar-refractivity contribution in [1.82, 2.24) is 0 Å². The molecule has 1 heterocycles. The molecule has 0 bridgehead atoms. The molecule has 104 valence electrons. The third-order valence-corrected chi connectivity index (χ3v) is 5.51. The molecular weight excluding hydrogens is 357 g/mol. The van der Waals surface area contributed by atoms with Crippen molar-refractivity contribution in [1.29, 1.82) is 0 Å². The van der Waals surface area contributed by atoms with E-state index in [0.717, 1.165) is 0 Å². The van der Waals surface area contributed by atoms with E-state index >= 15 is 0 Å². The lowest BCUT2D eigenvalue weighted by Crippen LogP contribution is -2.19. The molecule has 0 aromatic heterocycles. The Morgan fingerprint density at radius 1 is 1.25 bits per heavy atom. The Bertz CT molecular complexity index is 654. The van der Waals surface area contributed by atoms with Crippen LogP contribution in [0.4, 0.5) is 5.69 Å². The lowest BCUT2D eigenvalue weighted by atomic mass is 10.2. The minimum atomic E-state index is -1.18. The Balaban J connectivity index is 2.46. The van der Waals surface area contributed by atoms with E-state index in [1.807, 2.05) is 19.1 Å². The molecule has 0 fully saturated rings. The van der Waals surface area contributed by atoms with Gasteiger partial charge in [-0.15, -0.1) is 18.9 Å². The molecule has 0 N–H and O–H groups in total. The molecule has 2 rings (SSSR count). The van der Waals surface area contributed by atoms with Crippen LogP contribution in [0.15, 0.2) is 76.2 Å². The van der Waals surface area contributed by atoms with Crippen molar-refractivity contribution >= 4 is 33.1 Å². The Labute approximate surface area is 128 Å². The van der Waals surface area contributed by atoms with Crippen LogP contribution in [-0.2, 0) is 0 Å². The minimum absolute atomic E-state index is 1.18. The van der Waals surface area contributed by atoms with Crippen molar-refractivity contribution in [2.75, 3.05) is 4.90 Å². The minimum Gasteiger partial charge on any atom is -0.314 e. The van der Waals surface area contributed by atoms with Gasteiger partial charge < -0.3 is 4.90 Å². The second-order valence-corrected chi connectivity index (χ2v) is 8.37. The van der Waals surface area contributed by atoms with Crippen molar-refractivity contribution in [3.63, 3.8) is 0 Å². The summed E-state index contributed by atoms with van der Waals surface area (Å²) in [6, 6.07) is 10.5. The molecular formula is C18H20IN. The van der Waals surface area contributed by atoms with Gasteiger partial charge >= 0.3 is 0 Å². The zero-order valence-corrected chi connectivity index (χ0v) is 14.1. The van der Waals surface area contributed by atoms with Crippen molar-refractivity contribution in [2.45, 2.75) is 13.8 Å². The van der Waals surface area contributed by atoms with Gasteiger partial charge in [-0.05, 0) is 52.3 Å². The van der Waals surface area contributed by atoms with E-state index in [4.69, 9.17) is 0 Å². The predicted octanol–water partition coefficient (Wildman–Crippen LogP) is 5.12. The van der Waals surface area contributed by atoms with E-state index in [9.17, 15) is 0 Å². The maximum atomic E-state index is 4.18. The van der Waals surface area contributed by atoms with Crippen LogP contribution in [0.5, 0.6) is 0 Å². The molecule has 1 aliphatic rings. The lowest BCUT2D eigenvalue weighted by Gasteiger charge is -2.27. The summed E-state index contributed by atoms with van der Waals surface area (Å²) in [5.74, 6) is 0. The Morgan fingerprint density at radius 3 is 2.60 bits per heavy atom. The topological polar surface area (TPSA) is 3.24 Å². The van der Waals surface area contributed by atoms with Crippen LogP contribution >= 0.6 is 18.9 Å². The van der Waals surface area contributed by atoms with Gasteiger partial charge in [0.15, 0.2) is 0 Å². The second-order valence-electron chi connectivity index (χ2n) is 4.45. The van der Waals surface area contributed by atoms with E-state index in [2.05, 4.69) is 73.0 Å². The molecule has 1 aliphatic heterocycles. The fourth-order valence-electron chi connectivity index (χ4n) is 1.98. The van der Waals surface area contributed by atoms with Gasteiger partial charge in [-0.3, -0.25) is 0 Å². The lowest BCUT2D eigenvalue weighted by molar-refractivity contribution is 1.10. The highest BCUT2D eigenvalue weighted by Gasteiger charge is 2.11. The highest BCUT2D eigenvalue weighted by atomic mass is 127. The van der Waals surface area contributed by atoms with E-state index in [1.165, 1.54) is 17.1 Å². The molecule has 0 amide bonds. The number of hydrogen-bond donors (Lipinski definition) is 0. The molecule has 0 atom stereocenters. The molecule has 0 saturated carbocycles. The quantitative estimate of drug-likeness (QED) is 0.520. The third-order valence-electron chi connectivity index (χ3n) is 2.95. The van der Waals surface area contributed by atoms with Crippen LogP contribution in [0.2, 0.25) is 0 Å². The molecule has 0 spiro atoms. The molecule has 0 saturated heterocycles.